The van der Waals surface area contributed by atoms with Crippen LogP contribution in [0.3, 0.4) is 0 Å². The zero-order chi connectivity index (χ0) is 14.9. The minimum atomic E-state index is -0.194. The fourth-order valence-corrected chi connectivity index (χ4v) is 3.69. The average molecular weight is 284 g/mol. The van der Waals surface area contributed by atoms with Gasteiger partial charge in [0.2, 0.25) is 0 Å². The molecule has 3 rings (SSSR count). The number of aromatic nitrogens is 1. The number of benzene rings is 1. The van der Waals surface area contributed by atoms with E-state index >= 15 is 0 Å². The van der Waals surface area contributed by atoms with E-state index in [0.717, 1.165) is 48.9 Å². The van der Waals surface area contributed by atoms with Crippen molar-refractivity contribution in [3.8, 4) is 0 Å². The Hall–Kier alpha value is -1.61. The van der Waals surface area contributed by atoms with Gasteiger partial charge in [-0.3, -0.25) is 4.79 Å². The van der Waals surface area contributed by atoms with Gasteiger partial charge in [0, 0.05) is 16.3 Å². The van der Waals surface area contributed by atoms with Crippen LogP contribution in [-0.4, -0.2) is 23.9 Å². The lowest BCUT2D eigenvalue weighted by Crippen LogP contribution is -2.43. The number of aromatic amines is 1. The molecule has 0 spiro atoms. The fraction of sp³-hybridized carbons (Fsp3) is 0.500. The van der Waals surface area contributed by atoms with Crippen molar-refractivity contribution in [2.24, 2.45) is 11.3 Å². The summed E-state index contributed by atoms with van der Waals surface area (Å²) in [6.07, 6.45) is 2.86. The molecule has 3 nitrogen and oxygen atoms in total. The van der Waals surface area contributed by atoms with Crippen molar-refractivity contribution in [3.63, 3.8) is 0 Å². The van der Waals surface area contributed by atoms with Gasteiger partial charge in [-0.1, -0.05) is 32.0 Å². The van der Waals surface area contributed by atoms with E-state index in [1.165, 1.54) is 0 Å². The normalized spacial score (nSPS) is 18.2. The highest BCUT2D eigenvalue weighted by atomic mass is 16.1. The minimum Gasteiger partial charge on any atom is -0.352 e. The van der Waals surface area contributed by atoms with Crippen LogP contribution in [0.15, 0.2) is 30.3 Å². The summed E-state index contributed by atoms with van der Waals surface area (Å²) in [7, 11) is 0. The van der Waals surface area contributed by atoms with Crippen molar-refractivity contribution in [1.82, 2.24) is 10.3 Å². The first-order valence-corrected chi connectivity index (χ1v) is 7.94. The van der Waals surface area contributed by atoms with Gasteiger partial charge in [0.15, 0.2) is 5.78 Å². The highest BCUT2D eigenvalue weighted by Gasteiger charge is 2.40. The third kappa shape index (κ3) is 2.75. The molecule has 2 N–H and O–H groups in total. The minimum absolute atomic E-state index is 0.194. The Bertz CT molecular complexity index is 602. The molecule has 0 unspecified atom stereocenters. The first kappa shape index (κ1) is 14.3. The van der Waals surface area contributed by atoms with E-state index in [-0.39, 0.29) is 5.41 Å². The standard InChI is InChI=1S/C18H24N2O/c1-13(2)12-18(7-9-19-10-8-18)17(21)16-11-14-5-3-4-6-15(14)20-16/h3-6,11,13,19-20H,7-10,12H2,1-2H3. The predicted molar refractivity (Wildman–Crippen MR) is 86.6 cm³/mol. The highest BCUT2D eigenvalue weighted by Crippen LogP contribution is 2.39. The molecule has 2 heterocycles. The van der Waals surface area contributed by atoms with Crippen LogP contribution in [0.25, 0.3) is 10.9 Å². The van der Waals surface area contributed by atoms with Crippen LogP contribution in [0, 0.1) is 11.3 Å². The summed E-state index contributed by atoms with van der Waals surface area (Å²) in [6, 6.07) is 10.1. The molecule has 0 bridgehead atoms. The summed E-state index contributed by atoms with van der Waals surface area (Å²) in [5.41, 5.74) is 1.63. The quantitative estimate of drug-likeness (QED) is 0.840. The summed E-state index contributed by atoms with van der Waals surface area (Å²) in [4.78, 5) is 16.5. The number of piperidine rings is 1. The maximum Gasteiger partial charge on any atom is 0.185 e. The first-order valence-electron chi connectivity index (χ1n) is 7.94. The van der Waals surface area contributed by atoms with Gasteiger partial charge in [0.05, 0.1) is 5.69 Å². The molecular weight excluding hydrogens is 260 g/mol. The van der Waals surface area contributed by atoms with Gasteiger partial charge in [0.25, 0.3) is 0 Å². The number of H-pyrrole nitrogens is 1. The molecular formula is C18H24N2O. The lowest BCUT2D eigenvalue weighted by molar-refractivity contribution is 0.0669. The number of hydrogen-bond acceptors (Lipinski definition) is 2. The van der Waals surface area contributed by atoms with Crippen LogP contribution in [0.5, 0.6) is 0 Å². The Kier molecular flexibility index (Phi) is 3.85. The largest absolute Gasteiger partial charge is 0.352 e. The second-order valence-electron chi connectivity index (χ2n) is 6.73. The Morgan fingerprint density at radius 3 is 2.62 bits per heavy atom. The van der Waals surface area contributed by atoms with E-state index in [2.05, 4.69) is 30.2 Å². The number of nitrogens with one attached hydrogen (secondary N) is 2. The van der Waals surface area contributed by atoms with Gasteiger partial charge >= 0.3 is 0 Å². The summed E-state index contributed by atoms with van der Waals surface area (Å²) < 4.78 is 0. The summed E-state index contributed by atoms with van der Waals surface area (Å²) >= 11 is 0. The van der Waals surface area contributed by atoms with E-state index in [1.807, 2.05) is 24.3 Å². The molecule has 3 heteroatoms. The van der Waals surface area contributed by atoms with Crippen LogP contribution < -0.4 is 5.32 Å². The number of para-hydroxylation sites is 1. The molecule has 21 heavy (non-hydrogen) atoms. The van der Waals surface area contributed by atoms with Crippen molar-refractivity contribution < 1.29 is 4.79 Å². The molecule has 1 aromatic heterocycles. The Labute approximate surface area is 126 Å². The van der Waals surface area contributed by atoms with Gasteiger partial charge in [-0.25, -0.2) is 0 Å². The highest BCUT2D eigenvalue weighted by molar-refractivity contribution is 6.02. The fourth-order valence-electron chi connectivity index (χ4n) is 3.69. The molecule has 1 saturated heterocycles. The smallest absolute Gasteiger partial charge is 0.185 e. The van der Waals surface area contributed by atoms with Crippen LogP contribution >= 0.6 is 0 Å². The van der Waals surface area contributed by atoms with Crippen LogP contribution in [0.4, 0.5) is 0 Å². The van der Waals surface area contributed by atoms with E-state index < -0.39 is 0 Å². The lowest BCUT2D eigenvalue weighted by Gasteiger charge is -2.37. The predicted octanol–water partition coefficient (Wildman–Crippen LogP) is 3.77. The number of carbonyl (C=O) groups is 1. The molecule has 0 atom stereocenters. The van der Waals surface area contributed by atoms with Gasteiger partial charge in [-0.2, -0.15) is 0 Å². The Morgan fingerprint density at radius 1 is 1.24 bits per heavy atom. The summed E-state index contributed by atoms with van der Waals surface area (Å²) in [6.45, 7) is 6.31. The van der Waals surface area contributed by atoms with Crippen LogP contribution in [0.1, 0.15) is 43.6 Å². The van der Waals surface area contributed by atoms with Gasteiger partial charge < -0.3 is 10.3 Å². The maximum absolute atomic E-state index is 13.2. The van der Waals surface area contributed by atoms with Gasteiger partial charge in [-0.15, -0.1) is 0 Å². The molecule has 0 amide bonds. The molecule has 112 valence electrons. The molecule has 0 saturated carbocycles. The van der Waals surface area contributed by atoms with Crippen molar-refractivity contribution >= 4 is 16.7 Å². The van der Waals surface area contributed by atoms with Crippen LogP contribution in [-0.2, 0) is 0 Å². The molecule has 0 radical (unpaired) electrons. The second kappa shape index (κ2) is 5.64. The molecule has 1 fully saturated rings. The number of carbonyl (C=O) groups excluding carboxylic acids is 1. The second-order valence-corrected chi connectivity index (χ2v) is 6.73. The molecule has 2 aromatic rings. The third-order valence-electron chi connectivity index (χ3n) is 4.62. The van der Waals surface area contributed by atoms with Gasteiger partial charge in [-0.05, 0) is 50.4 Å². The molecule has 1 aliphatic heterocycles. The SMILES string of the molecule is CC(C)CC1(C(=O)c2cc3ccccc3[nH]2)CCNCC1. The average Bonchev–Trinajstić information content (AvgIpc) is 2.90. The van der Waals surface area contributed by atoms with E-state index in [4.69, 9.17) is 0 Å². The van der Waals surface area contributed by atoms with Crippen molar-refractivity contribution in [2.75, 3.05) is 13.1 Å². The molecule has 1 aromatic carbocycles. The third-order valence-corrected chi connectivity index (χ3v) is 4.62. The number of Topliss-reactive ketones (excluding diaryl/α,β-unsaturated/α-hetero) is 1. The van der Waals surface area contributed by atoms with Crippen LogP contribution in [0.2, 0.25) is 0 Å². The first-order chi connectivity index (χ1) is 10.1. The molecule has 0 aliphatic carbocycles. The summed E-state index contributed by atoms with van der Waals surface area (Å²) in [5, 5.41) is 4.50. The molecule has 1 aliphatic rings. The van der Waals surface area contributed by atoms with Gasteiger partial charge in [0.1, 0.15) is 0 Å². The zero-order valence-electron chi connectivity index (χ0n) is 12.9. The number of hydrogen-bond donors (Lipinski definition) is 2. The summed E-state index contributed by atoms with van der Waals surface area (Å²) in [5.74, 6) is 0.838. The van der Waals surface area contributed by atoms with E-state index in [9.17, 15) is 4.79 Å². The number of rotatable bonds is 4. The zero-order valence-corrected chi connectivity index (χ0v) is 12.9. The lowest BCUT2D eigenvalue weighted by atomic mass is 9.69. The monoisotopic (exact) mass is 284 g/mol. The number of fused-ring (bicyclic) bond motifs is 1. The van der Waals surface area contributed by atoms with Crippen molar-refractivity contribution in [1.29, 1.82) is 0 Å². The maximum atomic E-state index is 13.2. The van der Waals surface area contributed by atoms with Crippen molar-refractivity contribution in [3.05, 3.63) is 36.0 Å². The number of ketones is 1. The Morgan fingerprint density at radius 2 is 1.95 bits per heavy atom. The Balaban J connectivity index is 1.96. The van der Waals surface area contributed by atoms with Crippen molar-refractivity contribution in [2.45, 2.75) is 33.1 Å². The topological polar surface area (TPSA) is 44.9 Å². The van der Waals surface area contributed by atoms with E-state index in [1.54, 1.807) is 0 Å². The van der Waals surface area contributed by atoms with E-state index in [0.29, 0.717) is 11.7 Å².